The van der Waals surface area contributed by atoms with Crippen LogP contribution in [0.25, 0.3) is 23.1 Å². The number of H-pyrrole nitrogens is 1. The SMILES string of the molecule is Cc1ccsc1C(=O)Nc1ccc(/C=C/c2n[nH]c3ccccc23)cc1C(CCO)N1CCNCC1. The van der Waals surface area contributed by atoms with E-state index in [1.165, 1.54) is 11.3 Å². The minimum Gasteiger partial charge on any atom is -0.396 e. The predicted molar refractivity (Wildman–Crippen MR) is 147 cm³/mol. The third-order valence-electron chi connectivity index (χ3n) is 6.68. The zero-order valence-corrected chi connectivity index (χ0v) is 21.1. The number of thiophene rings is 1. The lowest BCUT2D eigenvalue weighted by Crippen LogP contribution is -2.45. The highest BCUT2D eigenvalue weighted by Crippen LogP contribution is 2.33. The summed E-state index contributed by atoms with van der Waals surface area (Å²) in [7, 11) is 0. The summed E-state index contributed by atoms with van der Waals surface area (Å²) in [5.74, 6) is -0.0990. The van der Waals surface area contributed by atoms with Crippen LogP contribution in [-0.2, 0) is 0 Å². The highest BCUT2D eigenvalue weighted by molar-refractivity contribution is 7.12. The Labute approximate surface area is 214 Å². The van der Waals surface area contributed by atoms with E-state index in [1.807, 2.05) is 54.8 Å². The number of carbonyl (C=O) groups excluding carboxylic acids is 1. The molecule has 1 aliphatic heterocycles. The van der Waals surface area contributed by atoms with Gasteiger partial charge in [0.05, 0.1) is 16.1 Å². The molecule has 0 radical (unpaired) electrons. The number of nitrogens with one attached hydrogen (secondary N) is 3. The Morgan fingerprint density at radius 3 is 2.81 bits per heavy atom. The minimum atomic E-state index is -0.0990. The van der Waals surface area contributed by atoms with Crippen molar-refractivity contribution in [2.75, 3.05) is 38.1 Å². The van der Waals surface area contributed by atoms with Gasteiger partial charge in [-0.1, -0.05) is 30.3 Å². The quantitative estimate of drug-likeness (QED) is 0.281. The Kier molecular flexibility index (Phi) is 7.58. The van der Waals surface area contributed by atoms with Crippen LogP contribution in [0.5, 0.6) is 0 Å². The normalized spacial score (nSPS) is 15.5. The van der Waals surface area contributed by atoms with Crippen molar-refractivity contribution >= 4 is 46.0 Å². The number of hydrogen-bond acceptors (Lipinski definition) is 6. The molecule has 8 heteroatoms. The van der Waals surface area contributed by atoms with E-state index in [9.17, 15) is 9.90 Å². The predicted octanol–water partition coefficient (Wildman–Crippen LogP) is 4.68. The van der Waals surface area contributed by atoms with Gasteiger partial charge < -0.3 is 15.7 Å². The van der Waals surface area contributed by atoms with Crippen molar-refractivity contribution in [3.8, 4) is 0 Å². The molecule has 2 aromatic carbocycles. The number of nitrogens with zero attached hydrogens (tertiary/aromatic N) is 2. The number of aromatic amines is 1. The first kappa shape index (κ1) is 24.4. The minimum absolute atomic E-state index is 0.00334. The maximum atomic E-state index is 13.1. The summed E-state index contributed by atoms with van der Waals surface area (Å²) in [6, 6.07) is 16.1. The zero-order chi connectivity index (χ0) is 24.9. The maximum Gasteiger partial charge on any atom is 0.266 e. The first-order chi connectivity index (χ1) is 17.6. The molecule has 3 heterocycles. The average Bonchev–Trinajstić information content (AvgIpc) is 3.53. The number of amides is 1. The molecule has 4 N–H and O–H groups in total. The molecule has 1 fully saturated rings. The van der Waals surface area contributed by atoms with E-state index in [-0.39, 0.29) is 18.6 Å². The molecule has 1 atom stereocenters. The van der Waals surface area contributed by atoms with Crippen LogP contribution in [0.1, 0.15) is 44.5 Å². The number of benzene rings is 2. The van der Waals surface area contributed by atoms with Crippen LogP contribution in [0.4, 0.5) is 5.69 Å². The number of rotatable bonds is 8. The second kappa shape index (κ2) is 11.2. The molecule has 36 heavy (non-hydrogen) atoms. The highest BCUT2D eigenvalue weighted by Gasteiger charge is 2.25. The van der Waals surface area contributed by atoms with Gasteiger partial charge in [-0.05, 0) is 65.8 Å². The second-order valence-electron chi connectivity index (χ2n) is 9.04. The van der Waals surface area contributed by atoms with E-state index in [2.05, 4.69) is 43.9 Å². The molecule has 186 valence electrons. The number of anilines is 1. The van der Waals surface area contributed by atoms with E-state index in [1.54, 1.807) is 0 Å². The highest BCUT2D eigenvalue weighted by atomic mass is 32.1. The molecule has 0 spiro atoms. The van der Waals surface area contributed by atoms with E-state index in [0.717, 1.165) is 70.0 Å². The number of para-hydroxylation sites is 1. The van der Waals surface area contributed by atoms with Crippen LogP contribution >= 0.6 is 11.3 Å². The average molecular weight is 502 g/mol. The number of aliphatic hydroxyl groups excluding tert-OH is 1. The molecule has 2 aromatic heterocycles. The second-order valence-corrected chi connectivity index (χ2v) is 9.95. The van der Waals surface area contributed by atoms with Gasteiger partial charge in [0, 0.05) is 49.9 Å². The summed E-state index contributed by atoms with van der Waals surface area (Å²) in [5.41, 5.74) is 5.67. The van der Waals surface area contributed by atoms with Crippen molar-refractivity contribution in [1.82, 2.24) is 20.4 Å². The number of fused-ring (bicyclic) bond motifs is 1. The van der Waals surface area contributed by atoms with Crippen LogP contribution in [0.3, 0.4) is 0 Å². The Balaban J connectivity index is 1.50. The van der Waals surface area contributed by atoms with E-state index >= 15 is 0 Å². The number of aliphatic hydroxyl groups is 1. The molecule has 1 amide bonds. The number of hydrogen-bond donors (Lipinski definition) is 4. The van der Waals surface area contributed by atoms with E-state index in [4.69, 9.17) is 0 Å². The summed E-state index contributed by atoms with van der Waals surface area (Å²) in [4.78, 5) is 16.2. The molecule has 5 rings (SSSR count). The summed E-state index contributed by atoms with van der Waals surface area (Å²) in [6.45, 7) is 5.62. The molecule has 0 saturated carbocycles. The van der Waals surface area contributed by atoms with Gasteiger partial charge in [0.25, 0.3) is 5.91 Å². The summed E-state index contributed by atoms with van der Waals surface area (Å²) in [5, 5.41) is 27.0. The van der Waals surface area contributed by atoms with Gasteiger partial charge in [0.2, 0.25) is 0 Å². The third kappa shape index (κ3) is 5.27. The van der Waals surface area contributed by atoms with Crippen LogP contribution < -0.4 is 10.6 Å². The van der Waals surface area contributed by atoms with Crippen LogP contribution in [0.2, 0.25) is 0 Å². The molecule has 1 unspecified atom stereocenters. The fourth-order valence-electron chi connectivity index (χ4n) is 4.80. The number of piperazine rings is 1. The Morgan fingerprint density at radius 2 is 2.03 bits per heavy atom. The molecule has 0 bridgehead atoms. The topological polar surface area (TPSA) is 93.3 Å². The van der Waals surface area contributed by atoms with Crippen LogP contribution in [0.15, 0.2) is 53.9 Å². The Hall–Kier alpha value is -3.30. The lowest BCUT2D eigenvalue weighted by Gasteiger charge is -2.36. The van der Waals surface area contributed by atoms with Crippen molar-refractivity contribution in [3.63, 3.8) is 0 Å². The maximum absolute atomic E-state index is 13.1. The molecule has 1 aliphatic rings. The Bertz CT molecular complexity index is 1370. The molecule has 1 saturated heterocycles. The summed E-state index contributed by atoms with van der Waals surface area (Å²) in [6.07, 6.45) is 4.66. The smallest absolute Gasteiger partial charge is 0.266 e. The summed E-state index contributed by atoms with van der Waals surface area (Å²) >= 11 is 1.45. The first-order valence-electron chi connectivity index (χ1n) is 12.3. The van der Waals surface area contributed by atoms with Crippen molar-refractivity contribution in [2.45, 2.75) is 19.4 Å². The molecular formula is C28H31N5O2S. The first-order valence-corrected chi connectivity index (χ1v) is 13.2. The lowest BCUT2D eigenvalue weighted by molar-refractivity contribution is 0.102. The van der Waals surface area contributed by atoms with Crippen molar-refractivity contribution < 1.29 is 9.90 Å². The van der Waals surface area contributed by atoms with Gasteiger partial charge in [0.15, 0.2) is 0 Å². The number of aromatic nitrogens is 2. The molecule has 7 nitrogen and oxygen atoms in total. The van der Waals surface area contributed by atoms with E-state index in [0.29, 0.717) is 6.42 Å². The van der Waals surface area contributed by atoms with Gasteiger partial charge in [0.1, 0.15) is 0 Å². The third-order valence-corrected chi connectivity index (χ3v) is 7.69. The zero-order valence-electron chi connectivity index (χ0n) is 20.3. The van der Waals surface area contributed by atoms with Gasteiger partial charge in [-0.15, -0.1) is 11.3 Å². The van der Waals surface area contributed by atoms with Crippen molar-refractivity contribution in [3.05, 3.63) is 81.2 Å². The fourth-order valence-corrected chi connectivity index (χ4v) is 5.62. The van der Waals surface area contributed by atoms with Crippen molar-refractivity contribution in [2.24, 2.45) is 0 Å². The number of carbonyl (C=O) groups is 1. The van der Waals surface area contributed by atoms with Gasteiger partial charge >= 0.3 is 0 Å². The fraction of sp³-hybridized carbons (Fsp3) is 0.286. The van der Waals surface area contributed by atoms with Gasteiger partial charge in [-0.3, -0.25) is 14.8 Å². The van der Waals surface area contributed by atoms with E-state index < -0.39 is 0 Å². The van der Waals surface area contributed by atoms with Gasteiger partial charge in [-0.2, -0.15) is 5.10 Å². The standard InChI is InChI=1S/C28H31N5O2S/c1-19-11-17-36-27(19)28(35)30-23-8-6-20(7-9-25-21-4-2-3-5-24(21)31-32-25)18-22(23)26(10-16-34)33-14-12-29-13-15-33/h2-9,11,17-18,26,29,34H,10,12-16H2,1H3,(H,30,35)(H,31,32)/b9-7+. The summed E-state index contributed by atoms with van der Waals surface area (Å²) < 4.78 is 0. The Morgan fingerprint density at radius 1 is 1.19 bits per heavy atom. The molecular weight excluding hydrogens is 470 g/mol. The molecule has 0 aliphatic carbocycles. The number of aryl methyl sites for hydroxylation is 1. The lowest BCUT2D eigenvalue weighted by atomic mass is 9.96. The van der Waals surface area contributed by atoms with Crippen LogP contribution in [0, 0.1) is 6.92 Å². The monoisotopic (exact) mass is 501 g/mol. The van der Waals surface area contributed by atoms with Gasteiger partial charge in [-0.25, -0.2) is 0 Å². The largest absolute Gasteiger partial charge is 0.396 e. The molecule has 4 aromatic rings. The van der Waals surface area contributed by atoms with Crippen LogP contribution in [-0.4, -0.2) is 58.9 Å². The van der Waals surface area contributed by atoms with Crippen molar-refractivity contribution in [1.29, 1.82) is 0 Å².